The van der Waals surface area contributed by atoms with Crippen molar-refractivity contribution in [3.05, 3.63) is 139 Å². The van der Waals surface area contributed by atoms with Crippen molar-refractivity contribution in [2.24, 2.45) is 4.99 Å². The standard InChI is InChI=1S/C36H30N2O7S/c1-4-43-34(40)24-16-14-22(15-17-24)28-19-18-27(45-28)21-29-33(39)38-32(25-12-9-13-26(20-25)42-3)30(35(41)44-5-2)31(37-36(38)46-29)23-10-7-6-8-11-23/h6-21,32H,4-5H2,1-3H3/b29-21-/t32-/m1/s1. The summed E-state index contributed by atoms with van der Waals surface area (Å²) in [5.74, 6) is 0.662. The summed E-state index contributed by atoms with van der Waals surface area (Å²) < 4.78 is 24.1. The Balaban J connectivity index is 1.48. The van der Waals surface area contributed by atoms with Crippen LogP contribution in [0.25, 0.3) is 23.1 Å². The summed E-state index contributed by atoms with van der Waals surface area (Å²) in [5.41, 5.74) is 2.96. The Hall–Kier alpha value is -5.48. The molecule has 1 aliphatic heterocycles. The van der Waals surface area contributed by atoms with Gasteiger partial charge in [-0.15, -0.1) is 0 Å². The topological polar surface area (TPSA) is 109 Å². The number of hydrogen-bond donors (Lipinski definition) is 0. The number of carbonyl (C=O) groups is 2. The molecule has 46 heavy (non-hydrogen) atoms. The van der Waals surface area contributed by atoms with Gasteiger partial charge in [0.1, 0.15) is 17.3 Å². The molecule has 9 nitrogen and oxygen atoms in total. The van der Waals surface area contributed by atoms with E-state index in [0.717, 1.165) is 11.1 Å². The highest BCUT2D eigenvalue weighted by Crippen LogP contribution is 2.36. The molecule has 0 spiro atoms. The molecule has 0 N–H and O–H groups in total. The maximum Gasteiger partial charge on any atom is 0.338 e. The first-order chi connectivity index (χ1) is 22.4. The number of benzene rings is 3. The molecule has 3 aromatic carbocycles. The first-order valence-electron chi connectivity index (χ1n) is 14.7. The van der Waals surface area contributed by atoms with E-state index < -0.39 is 18.0 Å². The van der Waals surface area contributed by atoms with Gasteiger partial charge in [-0.2, -0.15) is 0 Å². The quantitative estimate of drug-likeness (QED) is 0.200. The summed E-state index contributed by atoms with van der Waals surface area (Å²) in [6, 6.07) is 26.3. The number of methoxy groups -OCH3 is 1. The molecule has 0 aliphatic carbocycles. The molecule has 0 bridgehead atoms. The zero-order valence-electron chi connectivity index (χ0n) is 25.4. The molecule has 232 valence electrons. The van der Waals surface area contributed by atoms with Crippen LogP contribution in [0.15, 0.2) is 111 Å². The van der Waals surface area contributed by atoms with Crippen LogP contribution in [-0.2, 0) is 14.3 Å². The molecule has 1 aliphatic rings. The molecule has 6 rings (SSSR count). The van der Waals surface area contributed by atoms with Crippen LogP contribution in [0.3, 0.4) is 0 Å². The zero-order valence-corrected chi connectivity index (χ0v) is 26.2. The fourth-order valence-electron chi connectivity index (χ4n) is 5.27. The molecule has 0 radical (unpaired) electrons. The molecular weight excluding hydrogens is 604 g/mol. The van der Waals surface area contributed by atoms with E-state index in [1.165, 1.54) is 15.9 Å². The van der Waals surface area contributed by atoms with Gasteiger partial charge in [0.25, 0.3) is 5.56 Å². The lowest BCUT2D eigenvalue weighted by molar-refractivity contribution is -0.138. The summed E-state index contributed by atoms with van der Waals surface area (Å²) in [6.45, 7) is 3.95. The van der Waals surface area contributed by atoms with Crippen LogP contribution in [0.4, 0.5) is 0 Å². The van der Waals surface area contributed by atoms with Gasteiger partial charge in [-0.05, 0) is 55.8 Å². The van der Waals surface area contributed by atoms with Crippen LogP contribution in [0.2, 0.25) is 0 Å². The first-order valence-corrected chi connectivity index (χ1v) is 15.5. The summed E-state index contributed by atoms with van der Waals surface area (Å²) in [4.78, 5) is 45.1. The predicted octanol–water partition coefficient (Wildman–Crippen LogP) is 5.38. The molecule has 0 amide bonds. The van der Waals surface area contributed by atoms with E-state index in [9.17, 15) is 14.4 Å². The smallest absolute Gasteiger partial charge is 0.338 e. The number of nitrogens with zero attached hydrogens (tertiary/aromatic N) is 2. The van der Waals surface area contributed by atoms with Gasteiger partial charge in [-0.25, -0.2) is 14.6 Å². The van der Waals surface area contributed by atoms with E-state index in [1.54, 1.807) is 75.6 Å². The molecule has 0 unspecified atom stereocenters. The highest BCUT2D eigenvalue weighted by atomic mass is 32.1. The lowest BCUT2D eigenvalue weighted by atomic mass is 9.93. The zero-order chi connectivity index (χ0) is 32.2. The van der Waals surface area contributed by atoms with Crippen LogP contribution in [0.1, 0.15) is 47.1 Å². The SMILES string of the molecule is CCOC(=O)C1=C(c2ccccc2)N=c2s/c(=C\c3ccc(-c4ccc(C(=O)OCC)cc4)o3)c(=O)n2[C@@H]1c1cccc(OC)c1. The lowest BCUT2D eigenvalue weighted by Gasteiger charge is -2.26. The van der Waals surface area contributed by atoms with E-state index in [0.29, 0.717) is 50.0 Å². The normalized spacial score (nSPS) is 14.4. The number of hydrogen-bond acceptors (Lipinski definition) is 9. The molecule has 2 aromatic heterocycles. The molecule has 3 heterocycles. The Labute approximate surface area is 268 Å². The van der Waals surface area contributed by atoms with Crippen LogP contribution < -0.4 is 19.6 Å². The Kier molecular flexibility index (Phi) is 8.80. The number of ether oxygens (including phenoxy) is 3. The molecule has 0 saturated carbocycles. The minimum absolute atomic E-state index is 0.159. The van der Waals surface area contributed by atoms with Crippen molar-refractivity contribution in [1.82, 2.24) is 4.57 Å². The van der Waals surface area contributed by atoms with Gasteiger partial charge in [0, 0.05) is 17.2 Å². The lowest BCUT2D eigenvalue weighted by Crippen LogP contribution is -2.40. The van der Waals surface area contributed by atoms with Crippen molar-refractivity contribution in [3.8, 4) is 17.1 Å². The molecule has 0 saturated heterocycles. The maximum absolute atomic E-state index is 14.1. The molecule has 5 aromatic rings. The first kappa shape index (κ1) is 30.5. The molecule has 10 heteroatoms. The number of esters is 2. The number of fused-ring (bicyclic) bond motifs is 1. The third-order valence-electron chi connectivity index (χ3n) is 7.36. The van der Waals surface area contributed by atoms with Crippen LogP contribution in [-0.4, -0.2) is 36.8 Å². The Morgan fingerprint density at radius 2 is 1.63 bits per heavy atom. The molecular formula is C36H30N2O7S. The third kappa shape index (κ3) is 5.94. The van der Waals surface area contributed by atoms with E-state index in [4.69, 9.17) is 23.6 Å². The van der Waals surface area contributed by atoms with Gasteiger partial charge < -0.3 is 18.6 Å². The van der Waals surface area contributed by atoms with Crippen molar-refractivity contribution in [3.63, 3.8) is 0 Å². The fraction of sp³-hybridized carbons (Fsp3) is 0.167. The highest BCUT2D eigenvalue weighted by molar-refractivity contribution is 7.07. The predicted molar refractivity (Wildman–Crippen MR) is 174 cm³/mol. The highest BCUT2D eigenvalue weighted by Gasteiger charge is 2.35. The van der Waals surface area contributed by atoms with E-state index in [-0.39, 0.29) is 17.7 Å². The number of aromatic nitrogens is 1. The van der Waals surface area contributed by atoms with Crippen molar-refractivity contribution in [2.75, 3.05) is 20.3 Å². The maximum atomic E-state index is 14.1. The van der Waals surface area contributed by atoms with Gasteiger partial charge in [-0.1, -0.05) is 65.9 Å². The minimum Gasteiger partial charge on any atom is -0.497 e. The number of thiazole rings is 1. The average molecular weight is 635 g/mol. The Bertz CT molecular complexity index is 2120. The Morgan fingerprint density at radius 1 is 0.891 bits per heavy atom. The molecule has 1 atom stereocenters. The second-order valence-corrected chi connectivity index (χ2v) is 11.2. The van der Waals surface area contributed by atoms with Gasteiger partial charge >= 0.3 is 11.9 Å². The van der Waals surface area contributed by atoms with Crippen molar-refractivity contribution >= 4 is 35.0 Å². The number of rotatable bonds is 9. The van der Waals surface area contributed by atoms with Gasteiger partial charge in [0.2, 0.25) is 0 Å². The number of furan rings is 1. The average Bonchev–Trinajstić information content (AvgIpc) is 3.68. The third-order valence-corrected chi connectivity index (χ3v) is 8.35. The van der Waals surface area contributed by atoms with Crippen molar-refractivity contribution in [1.29, 1.82) is 0 Å². The van der Waals surface area contributed by atoms with Gasteiger partial charge in [-0.3, -0.25) is 9.36 Å². The summed E-state index contributed by atoms with van der Waals surface area (Å²) >= 11 is 1.20. The monoisotopic (exact) mass is 634 g/mol. The van der Waals surface area contributed by atoms with E-state index in [2.05, 4.69) is 0 Å². The van der Waals surface area contributed by atoms with E-state index >= 15 is 0 Å². The van der Waals surface area contributed by atoms with Gasteiger partial charge in [0.05, 0.1) is 47.7 Å². The van der Waals surface area contributed by atoms with Crippen molar-refractivity contribution < 1.29 is 28.2 Å². The summed E-state index contributed by atoms with van der Waals surface area (Å²) in [7, 11) is 1.56. The largest absolute Gasteiger partial charge is 0.497 e. The van der Waals surface area contributed by atoms with E-state index in [1.807, 2.05) is 42.5 Å². The second kappa shape index (κ2) is 13.3. The molecule has 0 fully saturated rings. The second-order valence-electron chi connectivity index (χ2n) is 10.2. The van der Waals surface area contributed by atoms with Crippen LogP contribution in [0, 0.1) is 0 Å². The van der Waals surface area contributed by atoms with Crippen LogP contribution in [0.5, 0.6) is 5.75 Å². The van der Waals surface area contributed by atoms with Crippen LogP contribution >= 0.6 is 11.3 Å². The number of carbonyl (C=O) groups excluding carboxylic acids is 2. The van der Waals surface area contributed by atoms with Gasteiger partial charge in [0.15, 0.2) is 4.80 Å². The summed E-state index contributed by atoms with van der Waals surface area (Å²) in [6.07, 6.45) is 1.67. The fourth-order valence-corrected chi connectivity index (χ4v) is 6.25. The Morgan fingerprint density at radius 3 is 2.35 bits per heavy atom. The van der Waals surface area contributed by atoms with Crippen molar-refractivity contribution in [2.45, 2.75) is 19.9 Å². The summed E-state index contributed by atoms with van der Waals surface area (Å²) in [5, 5.41) is 0. The minimum atomic E-state index is -0.826.